The fourth-order valence-corrected chi connectivity index (χ4v) is 4.48. The minimum Gasteiger partial charge on any atom is -0.512 e. The van der Waals surface area contributed by atoms with Gasteiger partial charge in [0.15, 0.2) is 17.5 Å². The van der Waals surface area contributed by atoms with Crippen LogP contribution in [-0.2, 0) is 0 Å². The van der Waals surface area contributed by atoms with Gasteiger partial charge in [-0.05, 0) is 40.5 Å². The average molecular weight is 521 g/mol. The van der Waals surface area contributed by atoms with Gasteiger partial charge in [-0.1, -0.05) is 115 Å². The van der Waals surface area contributed by atoms with E-state index in [9.17, 15) is 0 Å². The molecule has 7 heteroatoms. The second-order valence-electron chi connectivity index (χ2n) is 9.16. The number of hydrogen-bond donors (Lipinski definition) is 2. The van der Waals surface area contributed by atoms with E-state index in [4.69, 9.17) is 29.7 Å². The normalized spacial score (nSPS) is 10.8. The molecule has 6 rings (SSSR count). The summed E-state index contributed by atoms with van der Waals surface area (Å²) in [5, 5.41) is 18.1. The van der Waals surface area contributed by atoms with E-state index in [1.807, 2.05) is 97.1 Å². The van der Waals surface area contributed by atoms with Crippen molar-refractivity contribution in [1.29, 1.82) is 0 Å². The molecule has 0 atom stereocenters. The molecule has 0 spiro atoms. The first-order chi connectivity index (χ1) is 19.6. The van der Waals surface area contributed by atoms with Crippen LogP contribution in [0.3, 0.4) is 0 Å². The summed E-state index contributed by atoms with van der Waals surface area (Å²) in [6, 6.07) is 43.5. The van der Waals surface area contributed by atoms with E-state index in [2.05, 4.69) is 24.3 Å². The van der Waals surface area contributed by atoms with E-state index < -0.39 is 7.32 Å². The Morgan fingerprint density at radius 1 is 0.400 bits per heavy atom. The Hall–Kier alpha value is -5.11. The lowest BCUT2D eigenvalue weighted by Gasteiger charge is -2.10. The number of hydrogen-bond acceptors (Lipinski definition) is 6. The fraction of sp³-hybridized carbons (Fsp3) is 0. The van der Waals surface area contributed by atoms with Crippen LogP contribution in [0.25, 0.3) is 56.4 Å². The van der Waals surface area contributed by atoms with Gasteiger partial charge in [0.1, 0.15) is 5.75 Å². The Kier molecular flexibility index (Phi) is 7.13. The van der Waals surface area contributed by atoms with Crippen molar-refractivity contribution < 1.29 is 14.7 Å². The molecule has 6 nitrogen and oxygen atoms in total. The van der Waals surface area contributed by atoms with Crippen LogP contribution in [0.4, 0.5) is 0 Å². The lowest BCUT2D eigenvalue weighted by Crippen LogP contribution is -2.20. The summed E-state index contributed by atoms with van der Waals surface area (Å²) >= 11 is 0. The number of benzene rings is 5. The number of aromatic nitrogens is 3. The zero-order chi connectivity index (χ0) is 27.3. The van der Waals surface area contributed by atoms with E-state index in [0.717, 1.165) is 38.9 Å². The Morgan fingerprint density at radius 3 is 1.40 bits per heavy atom. The first kappa shape index (κ1) is 25.2. The molecule has 5 aromatic carbocycles. The molecule has 0 aliphatic rings. The smallest absolute Gasteiger partial charge is 0.512 e. The predicted molar refractivity (Wildman–Crippen MR) is 158 cm³/mol. The molecule has 1 heterocycles. The van der Waals surface area contributed by atoms with Crippen molar-refractivity contribution in [2.24, 2.45) is 0 Å². The Morgan fingerprint density at radius 2 is 0.800 bits per heavy atom. The van der Waals surface area contributed by atoms with Gasteiger partial charge < -0.3 is 14.7 Å². The van der Waals surface area contributed by atoms with Crippen molar-refractivity contribution in [3.05, 3.63) is 133 Å². The first-order valence-corrected chi connectivity index (χ1v) is 12.8. The molecule has 0 fully saturated rings. The molecule has 0 aliphatic heterocycles. The van der Waals surface area contributed by atoms with Gasteiger partial charge in [0, 0.05) is 16.7 Å². The monoisotopic (exact) mass is 521 g/mol. The highest BCUT2D eigenvalue weighted by Crippen LogP contribution is 2.30. The van der Waals surface area contributed by atoms with Gasteiger partial charge >= 0.3 is 7.32 Å². The predicted octanol–water partition coefficient (Wildman–Crippen LogP) is 6.55. The highest BCUT2D eigenvalue weighted by Gasteiger charge is 2.14. The second kappa shape index (κ2) is 11.3. The number of rotatable bonds is 7. The molecule has 0 radical (unpaired) electrons. The second-order valence-corrected chi connectivity index (χ2v) is 9.16. The molecule has 0 saturated carbocycles. The molecule has 192 valence electrons. The molecular formula is C33H24BN3O3. The average Bonchev–Trinajstić information content (AvgIpc) is 3.02. The molecule has 0 saturated heterocycles. The third-order valence-corrected chi connectivity index (χ3v) is 6.47. The van der Waals surface area contributed by atoms with Crippen LogP contribution in [0.1, 0.15) is 0 Å². The van der Waals surface area contributed by atoms with Gasteiger partial charge in [-0.25, -0.2) is 15.0 Å². The molecule has 2 N–H and O–H groups in total. The highest BCUT2D eigenvalue weighted by molar-refractivity contribution is 6.33. The van der Waals surface area contributed by atoms with E-state index in [-0.39, 0.29) is 0 Å². The van der Waals surface area contributed by atoms with Crippen molar-refractivity contribution in [2.45, 2.75) is 0 Å². The van der Waals surface area contributed by atoms with Gasteiger partial charge in [0.2, 0.25) is 0 Å². The van der Waals surface area contributed by atoms with Crippen LogP contribution >= 0.6 is 0 Å². The highest BCUT2D eigenvalue weighted by atomic mass is 16.6. The first-order valence-electron chi connectivity index (χ1n) is 12.8. The van der Waals surface area contributed by atoms with Crippen molar-refractivity contribution in [3.63, 3.8) is 0 Å². The summed E-state index contributed by atoms with van der Waals surface area (Å²) in [5.41, 5.74) is 6.84. The van der Waals surface area contributed by atoms with Gasteiger partial charge in [-0.3, -0.25) is 0 Å². The lowest BCUT2D eigenvalue weighted by molar-refractivity contribution is 0.288. The fourth-order valence-electron chi connectivity index (χ4n) is 4.48. The summed E-state index contributed by atoms with van der Waals surface area (Å²) in [4.78, 5) is 14.6. The maximum Gasteiger partial charge on any atom is 0.707 e. The maximum atomic E-state index is 9.04. The summed E-state index contributed by atoms with van der Waals surface area (Å²) in [6.07, 6.45) is 0. The third kappa shape index (κ3) is 5.66. The molecule has 6 aromatic rings. The Labute approximate surface area is 232 Å². The van der Waals surface area contributed by atoms with Crippen molar-refractivity contribution in [2.75, 3.05) is 0 Å². The standard InChI is InChI=1S/C33H24BN3O3/c38-34(39)40-30-20-18-25(19-21-30)28-12-7-13-29(22-28)33-36-31(26-10-5-2-6-11-26)35-32(37-33)27-16-14-24(15-17-27)23-8-3-1-4-9-23/h1-22,38-39H. The van der Waals surface area contributed by atoms with E-state index in [0.29, 0.717) is 23.2 Å². The lowest BCUT2D eigenvalue weighted by atomic mass is 10.0. The van der Waals surface area contributed by atoms with E-state index in [1.54, 1.807) is 12.1 Å². The summed E-state index contributed by atoms with van der Waals surface area (Å²) in [5.74, 6) is 2.13. The van der Waals surface area contributed by atoms with Gasteiger partial charge in [-0.15, -0.1) is 0 Å². The molecule has 1 aromatic heterocycles. The van der Waals surface area contributed by atoms with Crippen LogP contribution in [0.2, 0.25) is 0 Å². The largest absolute Gasteiger partial charge is 0.707 e. The van der Waals surface area contributed by atoms with Gasteiger partial charge in [-0.2, -0.15) is 0 Å². The van der Waals surface area contributed by atoms with Gasteiger partial charge in [0.25, 0.3) is 0 Å². The van der Waals surface area contributed by atoms with Crippen LogP contribution in [0.5, 0.6) is 5.75 Å². The molecule has 0 unspecified atom stereocenters. The summed E-state index contributed by atoms with van der Waals surface area (Å²) < 4.78 is 4.93. The SMILES string of the molecule is OB(O)Oc1ccc(-c2cccc(-c3nc(-c4ccccc4)nc(-c4ccc(-c5ccccc5)cc4)n3)c2)cc1. The molecule has 40 heavy (non-hydrogen) atoms. The van der Waals surface area contributed by atoms with Crippen molar-refractivity contribution in [1.82, 2.24) is 15.0 Å². The van der Waals surface area contributed by atoms with Gasteiger partial charge in [0.05, 0.1) is 0 Å². The topological polar surface area (TPSA) is 88.4 Å². The minimum atomic E-state index is -1.86. The number of nitrogens with zero attached hydrogens (tertiary/aromatic N) is 3. The van der Waals surface area contributed by atoms with Crippen LogP contribution < -0.4 is 4.65 Å². The molecule has 0 amide bonds. The van der Waals surface area contributed by atoms with E-state index in [1.165, 1.54) is 0 Å². The zero-order valence-electron chi connectivity index (χ0n) is 21.4. The van der Waals surface area contributed by atoms with Crippen LogP contribution in [0.15, 0.2) is 133 Å². The Balaban J connectivity index is 1.39. The Bertz CT molecular complexity index is 1730. The summed E-state index contributed by atoms with van der Waals surface area (Å²) in [7, 11) is -1.86. The van der Waals surface area contributed by atoms with Crippen molar-refractivity contribution in [3.8, 4) is 62.2 Å². The molecule has 0 aliphatic carbocycles. The molecular weight excluding hydrogens is 497 g/mol. The maximum absolute atomic E-state index is 9.04. The quantitative estimate of drug-likeness (QED) is 0.232. The van der Waals surface area contributed by atoms with E-state index >= 15 is 0 Å². The summed E-state index contributed by atoms with van der Waals surface area (Å²) in [6.45, 7) is 0. The van der Waals surface area contributed by atoms with Crippen molar-refractivity contribution >= 4 is 7.32 Å². The molecule has 0 bridgehead atoms. The minimum absolute atomic E-state index is 0.364. The zero-order valence-corrected chi connectivity index (χ0v) is 21.4. The third-order valence-electron chi connectivity index (χ3n) is 6.47. The van der Waals surface area contributed by atoms with Crippen LogP contribution in [0, 0.1) is 0 Å². The van der Waals surface area contributed by atoms with Crippen LogP contribution in [-0.4, -0.2) is 32.3 Å².